The van der Waals surface area contributed by atoms with E-state index in [0.29, 0.717) is 10.7 Å². The number of rotatable bonds is 2. The van der Waals surface area contributed by atoms with Crippen molar-refractivity contribution in [3.05, 3.63) is 27.3 Å². The minimum absolute atomic E-state index is 0.0793. The van der Waals surface area contributed by atoms with Crippen molar-refractivity contribution in [3.63, 3.8) is 0 Å². The number of nitrogens with zero attached hydrogens (tertiary/aromatic N) is 1. The number of halogens is 1. The fraction of sp³-hybridized carbons (Fsp3) is 0.143. The first-order valence-corrected chi connectivity index (χ1v) is 3.85. The highest BCUT2D eigenvalue weighted by Gasteiger charge is 2.14. The molecule has 0 aliphatic heterocycles. The number of nitro benzene ring substituents is 1. The summed E-state index contributed by atoms with van der Waals surface area (Å²) in [4.78, 5) is 10.00. The van der Waals surface area contributed by atoms with Crippen LogP contribution in [-0.4, -0.2) is 12.0 Å². The highest BCUT2D eigenvalue weighted by Crippen LogP contribution is 2.31. The summed E-state index contributed by atoms with van der Waals surface area (Å²) in [6.45, 7) is 0. The molecule has 0 aliphatic rings. The smallest absolute Gasteiger partial charge is 0.294 e. The summed E-state index contributed by atoms with van der Waals surface area (Å²) in [5.41, 5.74) is 5.89. The van der Waals surface area contributed by atoms with Gasteiger partial charge in [-0.15, -0.1) is 0 Å². The van der Waals surface area contributed by atoms with Gasteiger partial charge in [0, 0.05) is 13.1 Å². The van der Waals surface area contributed by atoms with Crippen molar-refractivity contribution in [1.82, 2.24) is 0 Å². The van der Waals surface area contributed by atoms with Gasteiger partial charge in [0.1, 0.15) is 5.69 Å². The van der Waals surface area contributed by atoms with Crippen molar-refractivity contribution in [3.8, 4) is 0 Å². The molecule has 0 aromatic heterocycles. The van der Waals surface area contributed by atoms with Crippen molar-refractivity contribution in [2.24, 2.45) is 0 Å². The van der Waals surface area contributed by atoms with Crippen molar-refractivity contribution in [1.29, 1.82) is 0 Å². The van der Waals surface area contributed by atoms with Crippen LogP contribution in [0.25, 0.3) is 0 Å². The third kappa shape index (κ3) is 1.81. The molecule has 0 heterocycles. The fourth-order valence-electron chi connectivity index (χ4n) is 0.929. The molecular weight excluding hydrogens is 194 g/mol. The molecule has 1 rings (SSSR count). The van der Waals surface area contributed by atoms with Crippen LogP contribution in [0.4, 0.5) is 17.1 Å². The van der Waals surface area contributed by atoms with Gasteiger partial charge in [0.2, 0.25) is 0 Å². The molecule has 6 heteroatoms. The Morgan fingerprint density at radius 1 is 1.62 bits per heavy atom. The van der Waals surface area contributed by atoms with E-state index < -0.39 is 4.92 Å². The number of hydrogen-bond acceptors (Lipinski definition) is 4. The second-order valence-electron chi connectivity index (χ2n) is 2.40. The van der Waals surface area contributed by atoms with Crippen LogP contribution in [-0.2, 0) is 0 Å². The first kappa shape index (κ1) is 9.60. The number of nitrogen functional groups attached to an aromatic ring is 1. The highest BCUT2D eigenvalue weighted by atomic mass is 35.5. The normalized spacial score (nSPS) is 9.69. The van der Waals surface area contributed by atoms with Crippen LogP contribution < -0.4 is 11.1 Å². The lowest BCUT2D eigenvalue weighted by Gasteiger charge is -2.04. The van der Waals surface area contributed by atoms with Crippen molar-refractivity contribution < 1.29 is 4.92 Å². The van der Waals surface area contributed by atoms with Crippen LogP contribution in [0.1, 0.15) is 0 Å². The maximum absolute atomic E-state index is 10.5. The Hall–Kier alpha value is -1.49. The molecular formula is C7H8ClN3O2. The van der Waals surface area contributed by atoms with E-state index in [2.05, 4.69) is 5.32 Å². The largest absolute Gasteiger partial charge is 0.397 e. The molecule has 0 spiro atoms. The van der Waals surface area contributed by atoms with Crippen LogP contribution in [0.15, 0.2) is 12.1 Å². The number of hydrogen-bond donors (Lipinski definition) is 2. The maximum Gasteiger partial charge on any atom is 0.294 e. The Morgan fingerprint density at radius 3 is 2.69 bits per heavy atom. The van der Waals surface area contributed by atoms with E-state index in [1.54, 1.807) is 7.05 Å². The molecule has 13 heavy (non-hydrogen) atoms. The predicted molar refractivity (Wildman–Crippen MR) is 52.1 cm³/mol. The average molecular weight is 202 g/mol. The molecule has 0 saturated carbocycles. The quantitative estimate of drug-likeness (QED) is 0.435. The van der Waals surface area contributed by atoms with Crippen LogP contribution in [0.2, 0.25) is 5.02 Å². The van der Waals surface area contributed by atoms with Crippen LogP contribution in [0, 0.1) is 10.1 Å². The van der Waals surface area contributed by atoms with Gasteiger partial charge < -0.3 is 11.1 Å². The molecule has 70 valence electrons. The summed E-state index contributed by atoms with van der Waals surface area (Å²) in [6.07, 6.45) is 0. The van der Waals surface area contributed by atoms with Gasteiger partial charge >= 0.3 is 0 Å². The van der Waals surface area contributed by atoms with E-state index in [-0.39, 0.29) is 11.4 Å². The van der Waals surface area contributed by atoms with E-state index in [0.717, 1.165) is 0 Å². The van der Waals surface area contributed by atoms with Gasteiger partial charge in [0.15, 0.2) is 0 Å². The van der Waals surface area contributed by atoms with E-state index in [1.807, 2.05) is 0 Å². The summed E-state index contributed by atoms with van der Waals surface area (Å²) in [7, 11) is 1.58. The molecule has 1 aromatic carbocycles. The third-order valence-corrected chi connectivity index (χ3v) is 1.91. The lowest BCUT2D eigenvalue weighted by molar-refractivity contribution is -0.383. The molecule has 3 N–H and O–H groups in total. The maximum atomic E-state index is 10.5. The lowest BCUT2D eigenvalue weighted by Crippen LogP contribution is -1.98. The first-order valence-electron chi connectivity index (χ1n) is 3.47. The molecule has 0 radical (unpaired) electrons. The second-order valence-corrected chi connectivity index (χ2v) is 2.81. The number of nitrogens with two attached hydrogens (primary N) is 1. The first-order chi connectivity index (χ1) is 6.06. The van der Waals surface area contributed by atoms with Crippen LogP contribution >= 0.6 is 11.6 Å². The van der Waals surface area contributed by atoms with Crippen molar-refractivity contribution in [2.75, 3.05) is 18.1 Å². The van der Waals surface area contributed by atoms with Crippen molar-refractivity contribution in [2.45, 2.75) is 0 Å². The number of anilines is 2. The average Bonchev–Trinajstić information content (AvgIpc) is 2.08. The van der Waals surface area contributed by atoms with Crippen LogP contribution in [0.3, 0.4) is 0 Å². The summed E-state index contributed by atoms with van der Waals surface area (Å²) >= 11 is 5.68. The van der Waals surface area contributed by atoms with E-state index in [4.69, 9.17) is 17.3 Å². The van der Waals surface area contributed by atoms with Gasteiger partial charge in [-0.25, -0.2) is 0 Å². The standard InChI is InChI=1S/C7H8ClN3O2/c1-10-6-2-4(8)5(9)3-7(6)11(12)13/h2-3,10H,9H2,1H3. The van der Waals surface area contributed by atoms with E-state index in [1.165, 1.54) is 12.1 Å². The zero-order chi connectivity index (χ0) is 10.0. The number of nitro groups is 1. The number of nitrogens with one attached hydrogen (secondary N) is 1. The zero-order valence-corrected chi connectivity index (χ0v) is 7.63. The minimum atomic E-state index is -0.515. The molecule has 0 atom stereocenters. The monoisotopic (exact) mass is 201 g/mol. The molecule has 0 saturated heterocycles. The van der Waals surface area contributed by atoms with Gasteiger partial charge in [-0.05, 0) is 6.07 Å². The van der Waals surface area contributed by atoms with Gasteiger partial charge in [0.05, 0.1) is 15.6 Å². The molecule has 0 bridgehead atoms. The Morgan fingerprint density at radius 2 is 2.23 bits per heavy atom. The summed E-state index contributed by atoms with van der Waals surface area (Å²) in [5, 5.41) is 13.5. The van der Waals surface area contributed by atoms with Crippen LogP contribution in [0.5, 0.6) is 0 Å². The summed E-state index contributed by atoms with van der Waals surface area (Å²) in [5.74, 6) is 0. The SMILES string of the molecule is CNc1cc(Cl)c(N)cc1[N+](=O)[O-]. The van der Waals surface area contributed by atoms with Gasteiger partial charge in [-0.1, -0.05) is 11.6 Å². The summed E-state index contributed by atoms with van der Waals surface area (Å²) < 4.78 is 0. The Labute approximate surface area is 79.6 Å². The third-order valence-electron chi connectivity index (χ3n) is 1.58. The molecule has 5 nitrogen and oxygen atoms in total. The van der Waals surface area contributed by atoms with E-state index >= 15 is 0 Å². The molecule has 0 amide bonds. The van der Waals surface area contributed by atoms with E-state index in [9.17, 15) is 10.1 Å². The fourth-order valence-corrected chi connectivity index (χ4v) is 1.09. The van der Waals surface area contributed by atoms with Gasteiger partial charge in [-0.3, -0.25) is 10.1 Å². The topological polar surface area (TPSA) is 81.2 Å². The lowest BCUT2D eigenvalue weighted by atomic mass is 10.2. The predicted octanol–water partition coefficient (Wildman–Crippen LogP) is 1.87. The minimum Gasteiger partial charge on any atom is -0.397 e. The number of benzene rings is 1. The Balaban J connectivity index is 3.33. The second kappa shape index (κ2) is 3.49. The Bertz CT molecular complexity index is 354. The molecule has 1 aromatic rings. The van der Waals surface area contributed by atoms with Gasteiger partial charge in [0.25, 0.3) is 5.69 Å². The van der Waals surface area contributed by atoms with Crippen molar-refractivity contribution >= 4 is 28.7 Å². The Kier molecular flexibility index (Phi) is 2.57. The zero-order valence-electron chi connectivity index (χ0n) is 6.87. The summed E-state index contributed by atoms with van der Waals surface area (Å²) in [6, 6.07) is 2.66. The molecule has 0 unspecified atom stereocenters. The highest BCUT2D eigenvalue weighted by molar-refractivity contribution is 6.33. The van der Waals surface area contributed by atoms with Gasteiger partial charge in [-0.2, -0.15) is 0 Å². The molecule has 0 fully saturated rings. The molecule has 0 aliphatic carbocycles.